The van der Waals surface area contributed by atoms with E-state index in [1.807, 2.05) is 12.1 Å². The summed E-state index contributed by atoms with van der Waals surface area (Å²) < 4.78 is 0. The highest BCUT2D eigenvalue weighted by molar-refractivity contribution is 6.30. The zero-order valence-corrected chi connectivity index (χ0v) is 10.6. The number of nitrogens with zero attached hydrogens (tertiary/aromatic N) is 2. The van der Waals surface area contributed by atoms with Gasteiger partial charge in [0.15, 0.2) is 0 Å². The quantitative estimate of drug-likeness (QED) is 0.923. The molecule has 18 heavy (non-hydrogen) atoms. The van der Waals surface area contributed by atoms with Crippen LogP contribution in [0.5, 0.6) is 0 Å². The Morgan fingerprint density at radius 2 is 2.06 bits per heavy atom. The van der Waals surface area contributed by atoms with Gasteiger partial charge in [-0.25, -0.2) is 9.97 Å². The molecule has 1 aromatic heterocycles. The predicted octanol–water partition coefficient (Wildman–Crippen LogP) is 2.37. The summed E-state index contributed by atoms with van der Waals surface area (Å²) in [4.78, 5) is 19.7. The second-order valence-corrected chi connectivity index (χ2v) is 4.27. The molecule has 0 fully saturated rings. The minimum Gasteiger partial charge on any atom is -0.348 e. The summed E-state index contributed by atoms with van der Waals surface area (Å²) in [5.41, 5.74) is 2.15. The Labute approximate surface area is 110 Å². The van der Waals surface area contributed by atoms with Crippen LogP contribution in [-0.2, 0) is 6.54 Å². The summed E-state index contributed by atoms with van der Waals surface area (Å²) in [6.45, 7) is 2.23. The van der Waals surface area contributed by atoms with Crippen LogP contribution in [0.3, 0.4) is 0 Å². The Morgan fingerprint density at radius 1 is 1.33 bits per heavy atom. The smallest absolute Gasteiger partial charge is 0.254 e. The normalized spacial score (nSPS) is 10.1. The van der Waals surface area contributed by atoms with E-state index < -0.39 is 0 Å². The van der Waals surface area contributed by atoms with E-state index in [-0.39, 0.29) is 5.91 Å². The molecule has 0 spiro atoms. The molecule has 1 amide bonds. The van der Waals surface area contributed by atoms with Crippen molar-refractivity contribution in [2.45, 2.75) is 13.5 Å². The van der Waals surface area contributed by atoms with Gasteiger partial charge in [0, 0.05) is 17.8 Å². The van der Waals surface area contributed by atoms with Crippen LogP contribution in [0.1, 0.15) is 21.6 Å². The molecule has 0 aliphatic heterocycles. The largest absolute Gasteiger partial charge is 0.348 e. The number of nitrogens with one attached hydrogen (secondary N) is 1. The van der Waals surface area contributed by atoms with Crippen LogP contribution in [-0.4, -0.2) is 15.9 Å². The second kappa shape index (κ2) is 5.60. The van der Waals surface area contributed by atoms with Gasteiger partial charge in [-0.3, -0.25) is 4.79 Å². The first kappa shape index (κ1) is 12.5. The molecule has 92 valence electrons. The maximum atomic E-state index is 11.9. The third-order valence-electron chi connectivity index (χ3n) is 2.52. The Balaban J connectivity index is 2.01. The number of rotatable bonds is 3. The third-order valence-corrected chi connectivity index (χ3v) is 2.77. The third kappa shape index (κ3) is 3.05. The second-order valence-electron chi connectivity index (χ2n) is 3.83. The van der Waals surface area contributed by atoms with Gasteiger partial charge in [0.25, 0.3) is 5.91 Å². The van der Waals surface area contributed by atoms with Gasteiger partial charge in [-0.1, -0.05) is 23.7 Å². The standard InChI is InChI=1S/C13H12ClN3O/c1-9-12(7-15-8-17-9)13(18)16-6-10-2-4-11(14)5-3-10/h2-5,7-8H,6H2,1H3,(H,16,18). The van der Waals surface area contributed by atoms with Crippen LogP contribution in [0.4, 0.5) is 0 Å². The Morgan fingerprint density at radius 3 is 2.72 bits per heavy atom. The molecule has 0 unspecified atom stereocenters. The minimum atomic E-state index is -0.178. The summed E-state index contributed by atoms with van der Waals surface area (Å²) in [6.07, 6.45) is 2.94. The number of carbonyl (C=O) groups excluding carboxylic acids is 1. The highest BCUT2D eigenvalue weighted by Crippen LogP contribution is 2.09. The fraction of sp³-hybridized carbons (Fsp3) is 0.154. The summed E-state index contributed by atoms with van der Waals surface area (Å²) in [5, 5.41) is 3.49. The van der Waals surface area contributed by atoms with Crippen molar-refractivity contribution in [3.05, 3.63) is 58.6 Å². The van der Waals surface area contributed by atoms with Gasteiger partial charge in [-0.15, -0.1) is 0 Å². The van der Waals surface area contributed by atoms with Gasteiger partial charge < -0.3 is 5.32 Å². The van der Waals surface area contributed by atoms with E-state index in [1.165, 1.54) is 12.5 Å². The van der Waals surface area contributed by atoms with Gasteiger partial charge in [0.2, 0.25) is 0 Å². The van der Waals surface area contributed by atoms with Crippen molar-refractivity contribution in [2.75, 3.05) is 0 Å². The summed E-state index contributed by atoms with van der Waals surface area (Å²) in [5.74, 6) is -0.178. The van der Waals surface area contributed by atoms with E-state index in [1.54, 1.807) is 19.1 Å². The Hall–Kier alpha value is -1.94. The van der Waals surface area contributed by atoms with E-state index in [9.17, 15) is 4.79 Å². The molecule has 2 aromatic rings. The number of aryl methyl sites for hydroxylation is 1. The van der Waals surface area contributed by atoms with Crippen LogP contribution in [0, 0.1) is 6.92 Å². The van der Waals surface area contributed by atoms with Crippen LogP contribution < -0.4 is 5.32 Å². The maximum Gasteiger partial charge on any atom is 0.254 e. The molecular formula is C13H12ClN3O. The Kier molecular flexibility index (Phi) is 3.89. The molecule has 2 rings (SSSR count). The zero-order chi connectivity index (χ0) is 13.0. The lowest BCUT2D eigenvalue weighted by Crippen LogP contribution is -2.24. The average Bonchev–Trinajstić information content (AvgIpc) is 2.38. The molecule has 5 heteroatoms. The van der Waals surface area contributed by atoms with Crippen molar-refractivity contribution in [3.8, 4) is 0 Å². The fourth-order valence-electron chi connectivity index (χ4n) is 1.49. The zero-order valence-electron chi connectivity index (χ0n) is 9.85. The van der Waals surface area contributed by atoms with Crippen LogP contribution >= 0.6 is 11.6 Å². The molecule has 1 aromatic carbocycles. The molecule has 0 aliphatic rings. The molecule has 0 saturated carbocycles. The molecule has 0 atom stereocenters. The average molecular weight is 262 g/mol. The SMILES string of the molecule is Cc1ncncc1C(=O)NCc1ccc(Cl)cc1. The molecular weight excluding hydrogens is 250 g/mol. The van der Waals surface area contributed by atoms with Gasteiger partial charge in [-0.05, 0) is 24.6 Å². The maximum absolute atomic E-state index is 11.9. The van der Waals surface area contributed by atoms with Crippen molar-refractivity contribution < 1.29 is 4.79 Å². The lowest BCUT2D eigenvalue weighted by molar-refractivity contribution is 0.0949. The highest BCUT2D eigenvalue weighted by atomic mass is 35.5. The monoisotopic (exact) mass is 261 g/mol. The first-order valence-electron chi connectivity index (χ1n) is 5.46. The summed E-state index contributed by atoms with van der Waals surface area (Å²) >= 11 is 5.79. The molecule has 0 saturated heterocycles. The summed E-state index contributed by atoms with van der Waals surface area (Å²) in [7, 11) is 0. The van der Waals surface area contributed by atoms with Crippen molar-refractivity contribution in [2.24, 2.45) is 0 Å². The van der Waals surface area contributed by atoms with Gasteiger partial charge in [0.05, 0.1) is 11.3 Å². The van der Waals surface area contributed by atoms with E-state index in [0.29, 0.717) is 22.8 Å². The topological polar surface area (TPSA) is 54.9 Å². The molecule has 1 heterocycles. The Bertz CT molecular complexity index is 554. The van der Waals surface area contributed by atoms with Crippen molar-refractivity contribution in [3.63, 3.8) is 0 Å². The van der Waals surface area contributed by atoms with Gasteiger partial charge in [0.1, 0.15) is 6.33 Å². The van der Waals surface area contributed by atoms with E-state index in [2.05, 4.69) is 15.3 Å². The van der Waals surface area contributed by atoms with E-state index in [4.69, 9.17) is 11.6 Å². The predicted molar refractivity (Wildman–Crippen MR) is 69.4 cm³/mol. The lowest BCUT2D eigenvalue weighted by atomic mass is 10.2. The number of halogens is 1. The minimum absolute atomic E-state index is 0.178. The van der Waals surface area contributed by atoms with Crippen molar-refractivity contribution >= 4 is 17.5 Å². The lowest BCUT2D eigenvalue weighted by Gasteiger charge is -2.06. The molecule has 1 N–H and O–H groups in total. The van der Waals surface area contributed by atoms with E-state index >= 15 is 0 Å². The molecule has 0 aliphatic carbocycles. The first-order chi connectivity index (χ1) is 8.66. The number of carbonyl (C=O) groups is 1. The number of hydrogen-bond donors (Lipinski definition) is 1. The van der Waals surface area contributed by atoms with Crippen LogP contribution in [0.25, 0.3) is 0 Å². The van der Waals surface area contributed by atoms with E-state index in [0.717, 1.165) is 5.56 Å². The number of aromatic nitrogens is 2. The number of hydrogen-bond acceptors (Lipinski definition) is 3. The fourth-order valence-corrected chi connectivity index (χ4v) is 1.62. The van der Waals surface area contributed by atoms with Crippen LogP contribution in [0.2, 0.25) is 5.02 Å². The molecule has 0 bridgehead atoms. The summed E-state index contributed by atoms with van der Waals surface area (Å²) in [6, 6.07) is 7.33. The number of amides is 1. The van der Waals surface area contributed by atoms with Gasteiger partial charge in [-0.2, -0.15) is 0 Å². The molecule has 0 radical (unpaired) electrons. The number of benzene rings is 1. The van der Waals surface area contributed by atoms with Crippen molar-refractivity contribution in [1.29, 1.82) is 0 Å². The molecule has 4 nitrogen and oxygen atoms in total. The highest BCUT2D eigenvalue weighted by Gasteiger charge is 2.09. The first-order valence-corrected chi connectivity index (χ1v) is 5.84. The van der Waals surface area contributed by atoms with Crippen LogP contribution in [0.15, 0.2) is 36.8 Å². The van der Waals surface area contributed by atoms with Gasteiger partial charge >= 0.3 is 0 Å². The van der Waals surface area contributed by atoms with Crippen molar-refractivity contribution in [1.82, 2.24) is 15.3 Å².